The van der Waals surface area contributed by atoms with Crippen LogP contribution in [0.15, 0.2) is 18.2 Å². The van der Waals surface area contributed by atoms with Crippen LogP contribution in [0.25, 0.3) is 10.8 Å². The quantitative estimate of drug-likeness (QED) is 0.651. The molecule has 2 aromatic rings. The molecule has 3 heteroatoms. The largest absolute Gasteiger partial charge is 0.204 e. The van der Waals surface area contributed by atoms with Gasteiger partial charge < -0.3 is 0 Å². The molecule has 0 saturated carbocycles. The van der Waals surface area contributed by atoms with E-state index in [0.29, 0.717) is 11.3 Å². The molecule has 0 amide bonds. The number of halogens is 3. The van der Waals surface area contributed by atoms with Gasteiger partial charge >= 0.3 is 0 Å². The second-order valence-electron chi connectivity index (χ2n) is 5.35. The molecule has 1 aliphatic carbocycles. The highest BCUT2D eigenvalue weighted by Gasteiger charge is 2.20. The van der Waals surface area contributed by atoms with Crippen molar-refractivity contribution >= 4 is 10.8 Å². The summed E-state index contributed by atoms with van der Waals surface area (Å²) < 4.78 is 40.3. The highest BCUT2D eigenvalue weighted by molar-refractivity contribution is 5.85. The van der Waals surface area contributed by atoms with E-state index in [1.807, 2.05) is 6.07 Å². The SMILES string of the molecule is CCC1CCc2cc3cc(F)c(F)c(F)c3cc2C1. The molecule has 0 N–H and O–H groups in total. The zero-order valence-electron chi connectivity index (χ0n) is 10.8. The van der Waals surface area contributed by atoms with Crippen LogP contribution >= 0.6 is 0 Å². The first-order valence-corrected chi connectivity index (χ1v) is 6.69. The van der Waals surface area contributed by atoms with Gasteiger partial charge in [0.25, 0.3) is 0 Å². The minimum absolute atomic E-state index is 0.189. The molecule has 1 unspecified atom stereocenters. The third kappa shape index (κ3) is 2.01. The lowest BCUT2D eigenvalue weighted by molar-refractivity contribution is 0.444. The molecular weight excluding hydrogens is 249 g/mol. The number of hydrogen-bond acceptors (Lipinski definition) is 0. The molecule has 100 valence electrons. The van der Waals surface area contributed by atoms with E-state index in [4.69, 9.17) is 0 Å². The maximum absolute atomic E-state index is 13.8. The Kier molecular flexibility index (Phi) is 3.00. The number of benzene rings is 2. The smallest absolute Gasteiger partial charge is 0.195 e. The zero-order chi connectivity index (χ0) is 13.6. The number of rotatable bonds is 1. The first-order chi connectivity index (χ1) is 9.10. The minimum atomic E-state index is -1.38. The van der Waals surface area contributed by atoms with Crippen LogP contribution in [0.3, 0.4) is 0 Å². The molecule has 1 atom stereocenters. The van der Waals surface area contributed by atoms with Gasteiger partial charge in [-0.1, -0.05) is 19.4 Å². The van der Waals surface area contributed by atoms with Gasteiger partial charge in [0, 0.05) is 5.39 Å². The Labute approximate surface area is 110 Å². The van der Waals surface area contributed by atoms with Crippen LogP contribution in [0, 0.1) is 23.4 Å². The van der Waals surface area contributed by atoms with Crippen molar-refractivity contribution in [2.45, 2.75) is 32.6 Å². The first kappa shape index (κ1) is 12.5. The average molecular weight is 264 g/mol. The molecule has 0 radical (unpaired) electrons. The van der Waals surface area contributed by atoms with E-state index < -0.39 is 17.5 Å². The van der Waals surface area contributed by atoms with Gasteiger partial charge in [0.2, 0.25) is 0 Å². The fourth-order valence-electron chi connectivity index (χ4n) is 2.98. The number of aryl methyl sites for hydroxylation is 1. The molecule has 0 bridgehead atoms. The molecule has 0 aliphatic heterocycles. The Morgan fingerprint density at radius 3 is 2.58 bits per heavy atom. The van der Waals surface area contributed by atoms with E-state index in [1.54, 1.807) is 6.07 Å². The third-order valence-electron chi connectivity index (χ3n) is 4.20. The van der Waals surface area contributed by atoms with Gasteiger partial charge in [-0.15, -0.1) is 0 Å². The van der Waals surface area contributed by atoms with Crippen molar-refractivity contribution in [3.05, 3.63) is 46.8 Å². The lowest BCUT2D eigenvalue weighted by Crippen LogP contribution is -2.13. The van der Waals surface area contributed by atoms with Crippen molar-refractivity contribution in [2.75, 3.05) is 0 Å². The van der Waals surface area contributed by atoms with E-state index >= 15 is 0 Å². The van der Waals surface area contributed by atoms with Gasteiger partial charge in [-0.3, -0.25) is 0 Å². The molecule has 2 aromatic carbocycles. The average Bonchev–Trinajstić information content (AvgIpc) is 2.43. The molecule has 1 aliphatic rings. The molecule has 3 rings (SSSR count). The second-order valence-corrected chi connectivity index (χ2v) is 5.35. The normalized spacial score (nSPS) is 18.6. The molecule has 0 heterocycles. The predicted octanol–water partition coefficient (Wildman–Crippen LogP) is 4.77. The van der Waals surface area contributed by atoms with Crippen LogP contribution < -0.4 is 0 Å². The van der Waals surface area contributed by atoms with Crippen molar-refractivity contribution in [1.82, 2.24) is 0 Å². The van der Waals surface area contributed by atoms with Crippen molar-refractivity contribution in [3.8, 4) is 0 Å². The summed E-state index contributed by atoms with van der Waals surface area (Å²) in [7, 11) is 0. The highest BCUT2D eigenvalue weighted by Crippen LogP contribution is 2.32. The summed E-state index contributed by atoms with van der Waals surface area (Å²) >= 11 is 0. The summed E-state index contributed by atoms with van der Waals surface area (Å²) in [4.78, 5) is 0. The fourth-order valence-corrected chi connectivity index (χ4v) is 2.98. The summed E-state index contributed by atoms with van der Waals surface area (Å²) in [5.74, 6) is -2.96. The van der Waals surface area contributed by atoms with Crippen LogP contribution in [-0.2, 0) is 12.8 Å². The van der Waals surface area contributed by atoms with E-state index in [0.717, 1.165) is 42.9 Å². The van der Waals surface area contributed by atoms with Crippen molar-refractivity contribution in [1.29, 1.82) is 0 Å². The Balaban J connectivity index is 2.20. The van der Waals surface area contributed by atoms with Gasteiger partial charge in [0.15, 0.2) is 17.5 Å². The van der Waals surface area contributed by atoms with Gasteiger partial charge in [-0.2, -0.15) is 0 Å². The second kappa shape index (κ2) is 4.55. The molecule has 0 aromatic heterocycles. The molecule has 0 fully saturated rings. The molecule has 19 heavy (non-hydrogen) atoms. The highest BCUT2D eigenvalue weighted by atomic mass is 19.2. The van der Waals surface area contributed by atoms with Crippen LogP contribution in [0.1, 0.15) is 30.9 Å². The van der Waals surface area contributed by atoms with Crippen LogP contribution in [0.2, 0.25) is 0 Å². The monoisotopic (exact) mass is 264 g/mol. The van der Waals surface area contributed by atoms with Crippen LogP contribution in [0.5, 0.6) is 0 Å². The lowest BCUT2D eigenvalue weighted by Gasteiger charge is -2.24. The number of fused-ring (bicyclic) bond motifs is 2. The third-order valence-corrected chi connectivity index (χ3v) is 4.20. The maximum atomic E-state index is 13.8. The number of hydrogen-bond donors (Lipinski definition) is 0. The van der Waals surface area contributed by atoms with E-state index in [2.05, 4.69) is 6.92 Å². The molecule has 0 nitrogen and oxygen atoms in total. The van der Waals surface area contributed by atoms with Crippen LogP contribution in [-0.4, -0.2) is 0 Å². The van der Waals surface area contributed by atoms with E-state index in [9.17, 15) is 13.2 Å². The lowest BCUT2D eigenvalue weighted by atomic mass is 9.81. The van der Waals surface area contributed by atoms with Gasteiger partial charge in [-0.25, -0.2) is 13.2 Å². The van der Waals surface area contributed by atoms with Gasteiger partial charge in [0.1, 0.15) is 0 Å². The van der Waals surface area contributed by atoms with Crippen molar-refractivity contribution in [2.24, 2.45) is 5.92 Å². The Morgan fingerprint density at radius 2 is 1.84 bits per heavy atom. The summed E-state index contributed by atoms with van der Waals surface area (Å²) in [6.07, 6.45) is 4.05. The Morgan fingerprint density at radius 1 is 1.05 bits per heavy atom. The zero-order valence-corrected chi connectivity index (χ0v) is 10.8. The summed E-state index contributed by atoms with van der Waals surface area (Å²) in [6, 6.07) is 4.59. The topological polar surface area (TPSA) is 0 Å². The Hall–Kier alpha value is -1.51. The van der Waals surface area contributed by atoms with Crippen molar-refractivity contribution in [3.63, 3.8) is 0 Å². The van der Waals surface area contributed by atoms with E-state index in [-0.39, 0.29) is 5.39 Å². The standard InChI is InChI=1S/C16H15F3/c1-2-9-3-4-10-6-12-8-14(17)16(19)15(18)13(12)7-11(10)5-9/h6-9H,2-5H2,1H3. The Bertz CT molecular complexity index is 646. The van der Waals surface area contributed by atoms with Gasteiger partial charge in [-0.05, 0) is 53.8 Å². The fraction of sp³-hybridized carbons (Fsp3) is 0.375. The van der Waals surface area contributed by atoms with Gasteiger partial charge in [0.05, 0.1) is 0 Å². The first-order valence-electron chi connectivity index (χ1n) is 6.69. The minimum Gasteiger partial charge on any atom is -0.204 e. The maximum Gasteiger partial charge on any atom is 0.195 e. The molecule has 0 saturated heterocycles. The van der Waals surface area contributed by atoms with Crippen molar-refractivity contribution < 1.29 is 13.2 Å². The van der Waals surface area contributed by atoms with Crippen LogP contribution in [0.4, 0.5) is 13.2 Å². The molecular formula is C16H15F3. The summed E-state index contributed by atoms with van der Waals surface area (Å²) in [5, 5.41) is 0.638. The molecule has 0 spiro atoms. The van der Waals surface area contributed by atoms with E-state index in [1.165, 1.54) is 0 Å². The predicted molar refractivity (Wildman–Crippen MR) is 69.6 cm³/mol. The summed E-state index contributed by atoms with van der Waals surface area (Å²) in [5.41, 5.74) is 2.22. The summed E-state index contributed by atoms with van der Waals surface area (Å²) in [6.45, 7) is 2.15.